The van der Waals surface area contributed by atoms with Crippen LogP contribution in [0.5, 0.6) is 0 Å². The Balaban J connectivity index is 0.00000625. The van der Waals surface area contributed by atoms with Crippen LogP contribution < -0.4 is 10.6 Å². The van der Waals surface area contributed by atoms with Crippen LogP contribution in [0.3, 0.4) is 0 Å². The van der Waals surface area contributed by atoms with E-state index in [1.807, 2.05) is 27.7 Å². The molecule has 0 amide bonds. The summed E-state index contributed by atoms with van der Waals surface area (Å²) in [7, 11) is 0. The van der Waals surface area contributed by atoms with Crippen LogP contribution >= 0.6 is 24.0 Å². The number of hydrogen-bond donors (Lipinski definition) is 3. The highest BCUT2D eigenvalue weighted by atomic mass is 127. The molecule has 2 atom stereocenters. The van der Waals surface area contributed by atoms with Crippen molar-refractivity contribution in [2.45, 2.75) is 39.8 Å². The maximum atomic E-state index is 13.4. The lowest BCUT2D eigenvalue weighted by molar-refractivity contribution is 0.0301. The van der Waals surface area contributed by atoms with Crippen molar-refractivity contribution in [3.8, 4) is 0 Å². The van der Waals surface area contributed by atoms with E-state index in [4.69, 9.17) is 4.74 Å². The zero-order chi connectivity index (χ0) is 18.8. The van der Waals surface area contributed by atoms with Crippen LogP contribution in [0.1, 0.15) is 39.3 Å². The molecule has 0 radical (unpaired) electrons. The van der Waals surface area contributed by atoms with Crippen LogP contribution in [0.25, 0.3) is 0 Å². The van der Waals surface area contributed by atoms with Gasteiger partial charge in [-0.2, -0.15) is 0 Å². The third-order valence-electron chi connectivity index (χ3n) is 3.36. The second-order valence-electron chi connectivity index (χ2n) is 6.34. The summed E-state index contributed by atoms with van der Waals surface area (Å²) < 4.78 is 31.8. The number of nitrogens with one attached hydrogen (secondary N) is 2. The van der Waals surface area contributed by atoms with Crippen LogP contribution in [0, 0.1) is 17.6 Å². The lowest BCUT2D eigenvalue weighted by Gasteiger charge is -2.19. The van der Waals surface area contributed by atoms with Gasteiger partial charge in [0.05, 0.1) is 25.3 Å². The maximum absolute atomic E-state index is 13.4. The fraction of sp³-hybridized carbons (Fsp3) is 0.611. The molecular weight excluding hydrogens is 455 g/mol. The van der Waals surface area contributed by atoms with Crippen molar-refractivity contribution >= 4 is 29.9 Å². The van der Waals surface area contributed by atoms with Crippen molar-refractivity contribution in [1.29, 1.82) is 0 Å². The van der Waals surface area contributed by atoms with Crippen molar-refractivity contribution in [3.05, 3.63) is 35.4 Å². The summed E-state index contributed by atoms with van der Waals surface area (Å²) in [5.41, 5.74) is 0.602. The van der Waals surface area contributed by atoms with Crippen molar-refractivity contribution in [3.63, 3.8) is 0 Å². The normalized spacial score (nSPS) is 13.9. The highest BCUT2D eigenvalue weighted by molar-refractivity contribution is 14.0. The fourth-order valence-corrected chi connectivity index (χ4v) is 2.08. The molecule has 0 saturated heterocycles. The third-order valence-corrected chi connectivity index (χ3v) is 3.36. The van der Waals surface area contributed by atoms with E-state index in [1.165, 1.54) is 6.07 Å². The van der Waals surface area contributed by atoms with Gasteiger partial charge in [0.2, 0.25) is 0 Å². The summed E-state index contributed by atoms with van der Waals surface area (Å²) in [6.45, 7) is 9.44. The van der Waals surface area contributed by atoms with Crippen LogP contribution in [0.2, 0.25) is 0 Å². The molecule has 150 valence electrons. The largest absolute Gasteiger partial charge is 0.389 e. The van der Waals surface area contributed by atoms with Gasteiger partial charge in [-0.25, -0.2) is 8.78 Å². The predicted molar refractivity (Wildman–Crippen MR) is 111 cm³/mol. The number of nitrogens with zero attached hydrogens (tertiary/aromatic N) is 1. The Kier molecular flexibility index (Phi) is 12.7. The highest BCUT2D eigenvalue weighted by Gasteiger charge is 2.12. The molecular formula is C18H30F2IN3O2. The van der Waals surface area contributed by atoms with Gasteiger partial charge in [0.15, 0.2) is 17.6 Å². The second-order valence-corrected chi connectivity index (χ2v) is 6.34. The molecule has 5 nitrogen and oxygen atoms in total. The molecule has 1 rings (SSSR count). The summed E-state index contributed by atoms with van der Waals surface area (Å²) >= 11 is 0. The molecule has 1 aromatic carbocycles. The Morgan fingerprint density at radius 2 is 1.88 bits per heavy atom. The van der Waals surface area contributed by atoms with Gasteiger partial charge in [0.1, 0.15) is 0 Å². The quantitative estimate of drug-likeness (QED) is 0.286. The molecule has 2 unspecified atom stereocenters. The smallest absolute Gasteiger partial charge is 0.191 e. The van der Waals surface area contributed by atoms with Gasteiger partial charge in [-0.15, -0.1) is 24.0 Å². The summed E-state index contributed by atoms with van der Waals surface area (Å²) in [5, 5.41) is 16.1. The first-order valence-electron chi connectivity index (χ1n) is 8.59. The van der Waals surface area contributed by atoms with E-state index in [0.717, 1.165) is 12.1 Å². The summed E-state index contributed by atoms with van der Waals surface area (Å²) in [4.78, 5) is 4.31. The molecule has 0 spiro atoms. The van der Waals surface area contributed by atoms with E-state index in [0.29, 0.717) is 30.6 Å². The van der Waals surface area contributed by atoms with E-state index >= 15 is 0 Å². The first-order valence-corrected chi connectivity index (χ1v) is 8.59. The molecule has 26 heavy (non-hydrogen) atoms. The highest BCUT2D eigenvalue weighted by Crippen LogP contribution is 2.15. The zero-order valence-electron chi connectivity index (χ0n) is 15.8. The Labute approximate surface area is 171 Å². The predicted octanol–water partition coefficient (Wildman–Crippen LogP) is 3.23. The van der Waals surface area contributed by atoms with Crippen molar-refractivity contribution in [2.75, 3.05) is 26.3 Å². The molecule has 0 heterocycles. The Morgan fingerprint density at radius 3 is 2.46 bits per heavy atom. The first kappa shape index (κ1) is 25.0. The summed E-state index contributed by atoms with van der Waals surface area (Å²) in [5.74, 6) is -0.860. The SMILES string of the molecule is CCNC(=NCC(O)COCC(C)C)NC(C)c1ccc(F)c(F)c1.I. The molecule has 3 N–H and O–H groups in total. The standard InChI is InChI=1S/C18H29F2N3O2.HI/c1-5-21-18(22-9-15(24)11-25-10-12(2)3)23-13(4)14-6-7-16(19)17(20)8-14;/h6-8,12-13,15,24H,5,9-11H2,1-4H3,(H2,21,22,23);1H. The molecule has 0 aromatic heterocycles. The third kappa shape index (κ3) is 9.63. The van der Waals surface area contributed by atoms with Crippen molar-refractivity contribution in [1.82, 2.24) is 10.6 Å². The summed E-state index contributed by atoms with van der Waals surface area (Å²) in [6.07, 6.45) is -0.701. The van der Waals surface area contributed by atoms with Crippen LogP contribution in [-0.4, -0.2) is 43.5 Å². The van der Waals surface area contributed by atoms with Crippen LogP contribution in [0.15, 0.2) is 23.2 Å². The van der Waals surface area contributed by atoms with E-state index in [-0.39, 0.29) is 43.2 Å². The molecule has 8 heteroatoms. The minimum Gasteiger partial charge on any atom is -0.389 e. The van der Waals surface area contributed by atoms with E-state index in [1.54, 1.807) is 0 Å². The zero-order valence-corrected chi connectivity index (χ0v) is 18.1. The minimum absolute atomic E-state index is 0. The number of benzene rings is 1. The van der Waals surface area contributed by atoms with Gasteiger partial charge < -0.3 is 20.5 Å². The van der Waals surface area contributed by atoms with Crippen molar-refractivity contribution < 1.29 is 18.6 Å². The first-order chi connectivity index (χ1) is 11.8. The number of aliphatic hydroxyl groups excluding tert-OH is 1. The molecule has 0 bridgehead atoms. The molecule has 0 fully saturated rings. The van der Waals surface area contributed by atoms with E-state index < -0.39 is 17.7 Å². The van der Waals surface area contributed by atoms with E-state index in [9.17, 15) is 13.9 Å². The monoisotopic (exact) mass is 485 g/mol. The Hall–Kier alpha value is -1.00. The lowest BCUT2D eigenvalue weighted by Crippen LogP contribution is -2.39. The topological polar surface area (TPSA) is 65.9 Å². The molecule has 0 aliphatic rings. The Bertz CT molecular complexity index is 559. The number of halogens is 3. The molecule has 0 aliphatic heterocycles. The molecule has 0 saturated carbocycles. The van der Waals surface area contributed by atoms with Gasteiger partial charge >= 0.3 is 0 Å². The lowest BCUT2D eigenvalue weighted by atomic mass is 10.1. The number of hydrogen-bond acceptors (Lipinski definition) is 3. The number of rotatable bonds is 9. The number of aliphatic hydroxyl groups is 1. The van der Waals surface area contributed by atoms with Crippen LogP contribution in [-0.2, 0) is 4.74 Å². The van der Waals surface area contributed by atoms with Gasteiger partial charge in [-0.05, 0) is 37.5 Å². The Morgan fingerprint density at radius 1 is 1.19 bits per heavy atom. The number of ether oxygens (including phenoxy) is 1. The molecule has 0 aliphatic carbocycles. The average molecular weight is 485 g/mol. The minimum atomic E-state index is -0.884. The van der Waals surface area contributed by atoms with Gasteiger partial charge in [0, 0.05) is 13.2 Å². The van der Waals surface area contributed by atoms with Gasteiger partial charge in [-0.1, -0.05) is 19.9 Å². The number of aliphatic imine (C=N–C) groups is 1. The molecule has 1 aromatic rings. The van der Waals surface area contributed by atoms with E-state index in [2.05, 4.69) is 15.6 Å². The maximum Gasteiger partial charge on any atom is 0.191 e. The summed E-state index contributed by atoms with van der Waals surface area (Å²) in [6, 6.07) is 3.50. The fourth-order valence-electron chi connectivity index (χ4n) is 2.08. The van der Waals surface area contributed by atoms with Crippen LogP contribution in [0.4, 0.5) is 8.78 Å². The number of guanidine groups is 1. The average Bonchev–Trinajstić information content (AvgIpc) is 2.55. The second kappa shape index (κ2) is 13.2. The van der Waals surface area contributed by atoms with Gasteiger partial charge in [-0.3, -0.25) is 4.99 Å². The van der Waals surface area contributed by atoms with Gasteiger partial charge in [0.25, 0.3) is 0 Å². The van der Waals surface area contributed by atoms with Crippen molar-refractivity contribution in [2.24, 2.45) is 10.9 Å².